The summed E-state index contributed by atoms with van der Waals surface area (Å²) in [6, 6.07) is 7.58. The number of carbonyl (C=O) groups is 2. The van der Waals surface area contributed by atoms with Crippen LogP contribution in [-0.4, -0.2) is 38.6 Å². The number of methoxy groups -OCH3 is 1. The Kier molecular flexibility index (Phi) is 6.86. The summed E-state index contributed by atoms with van der Waals surface area (Å²) in [4.78, 5) is 23.9. The van der Waals surface area contributed by atoms with Gasteiger partial charge in [-0.3, -0.25) is 9.59 Å². The summed E-state index contributed by atoms with van der Waals surface area (Å²) in [5.74, 6) is -0.430. The Morgan fingerprint density at radius 3 is 2.57 bits per heavy atom. The van der Waals surface area contributed by atoms with Gasteiger partial charge >= 0.3 is 0 Å². The number of halogens is 1. The summed E-state index contributed by atoms with van der Waals surface area (Å²) < 4.78 is 4.92. The standard InChI is InChI=1S/C17H23ClN2O3/c1-23-9-3-7-19-16(21)14-11-15(14)17(22)20-8-6-12-4-2-5-13(18)10-12/h2,4-5,10,14-15H,3,6-9,11H2,1H3,(H,19,21)(H,20,22). The molecule has 0 bridgehead atoms. The maximum absolute atomic E-state index is 12.0. The van der Waals surface area contributed by atoms with Gasteiger partial charge in [-0.1, -0.05) is 23.7 Å². The highest BCUT2D eigenvalue weighted by Gasteiger charge is 2.47. The molecule has 5 nitrogen and oxygen atoms in total. The summed E-state index contributed by atoms with van der Waals surface area (Å²) in [5.41, 5.74) is 1.08. The minimum atomic E-state index is -0.184. The molecule has 2 amide bonds. The first-order valence-corrected chi connectivity index (χ1v) is 8.28. The number of amides is 2. The molecule has 0 radical (unpaired) electrons. The van der Waals surface area contributed by atoms with Gasteiger partial charge in [-0.15, -0.1) is 0 Å². The molecule has 1 saturated carbocycles. The number of nitrogens with one attached hydrogen (secondary N) is 2. The van der Waals surface area contributed by atoms with E-state index in [0.717, 1.165) is 18.4 Å². The number of benzene rings is 1. The van der Waals surface area contributed by atoms with Gasteiger partial charge in [0.25, 0.3) is 0 Å². The Bertz CT molecular complexity index is 550. The zero-order valence-corrected chi connectivity index (χ0v) is 14.1. The molecule has 23 heavy (non-hydrogen) atoms. The normalized spacial score (nSPS) is 19.2. The second-order valence-electron chi connectivity index (χ2n) is 5.76. The minimum absolute atomic E-state index is 0.0314. The van der Waals surface area contributed by atoms with Crippen LogP contribution in [0.5, 0.6) is 0 Å². The Morgan fingerprint density at radius 1 is 1.22 bits per heavy atom. The van der Waals surface area contributed by atoms with Crippen molar-refractivity contribution in [2.24, 2.45) is 11.8 Å². The molecular formula is C17H23ClN2O3. The summed E-state index contributed by atoms with van der Waals surface area (Å²) in [7, 11) is 1.63. The van der Waals surface area contributed by atoms with Crippen molar-refractivity contribution in [3.8, 4) is 0 Å². The summed E-state index contributed by atoms with van der Waals surface area (Å²) in [5, 5.41) is 6.43. The molecule has 1 aromatic rings. The molecule has 1 fully saturated rings. The van der Waals surface area contributed by atoms with Crippen LogP contribution in [0.1, 0.15) is 18.4 Å². The van der Waals surface area contributed by atoms with Gasteiger partial charge in [0.2, 0.25) is 11.8 Å². The predicted octanol–water partition coefficient (Wildman–Crippen LogP) is 1.79. The van der Waals surface area contributed by atoms with Crippen LogP contribution < -0.4 is 10.6 Å². The van der Waals surface area contributed by atoms with Crippen LogP contribution in [0.2, 0.25) is 5.02 Å². The summed E-state index contributed by atoms with van der Waals surface area (Å²) in [6.07, 6.45) is 2.15. The third-order valence-electron chi connectivity index (χ3n) is 3.89. The molecular weight excluding hydrogens is 316 g/mol. The predicted molar refractivity (Wildman–Crippen MR) is 89.3 cm³/mol. The van der Waals surface area contributed by atoms with Crippen LogP contribution in [0, 0.1) is 11.8 Å². The molecule has 0 spiro atoms. The summed E-state index contributed by atoms with van der Waals surface area (Å²) >= 11 is 5.92. The average molecular weight is 339 g/mol. The average Bonchev–Trinajstić information content (AvgIpc) is 3.32. The lowest BCUT2D eigenvalue weighted by Gasteiger charge is -2.06. The second kappa shape index (κ2) is 8.89. The van der Waals surface area contributed by atoms with Crippen molar-refractivity contribution >= 4 is 23.4 Å². The van der Waals surface area contributed by atoms with Gasteiger partial charge in [0.05, 0.1) is 11.8 Å². The van der Waals surface area contributed by atoms with Crippen molar-refractivity contribution in [3.05, 3.63) is 34.9 Å². The van der Waals surface area contributed by atoms with E-state index in [-0.39, 0.29) is 23.7 Å². The first-order valence-electron chi connectivity index (χ1n) is 7.90. The third kappa shape index (κ3) is 5.84. The van der Waals surface area contributed by atoms with Gasteiger partial charge in [-0.2, -0.15) is 0 Å². The quantitative estimate of drug-likeness (QED) is 0.674. The molecule has 0 saturated heterocycles. The van der Waals surface area contributed by atoms with Gasteiger partial charge in [0.1, 0.15) is 0 Å². The van der Waals surface area contributed by atoms with Gasteiger partial charge in [-0.25, -0.2) is 0 Å². The number of ether oxygens (including phenoxy) is 1. The maximum atomic E-state index is 12.0. The molecule has 0 aliphatic heterocycles. The topological polar surface area (TPSA) is 67.4 Å². The Labute approximate surface area is 141 Å². The fourth-order valence-electron chi connectivity index (χ4n) is 2.49. The van der Waals surface area contributed by atoms with E-state index in [9.17, 15) is 9.59 Å². The third-order valence-corrected chi connectivity index (χ3v) is 4.13. The van der Waals surface area contributed by atoms with Crippen molar-refractivity contribution in [3.63, 3.8) is 0 Å². The van der Waals surface area contributed by atoms with Crippen LogP contribution in [-0.2, 0) is 20.7 Å². The van der Waals surface area contributed by atoms with Crippen molar-refractivity contribution in [1.82, 2.24) is 10.6 Å². The van der Waals surface area contributed by atoms with E-state index in [1.54, 1.807) is 7.11 Å². The van der Waals surface area contributed by atoms with E-state index < -0.39 is 0 Å². The highest BCUT2D eigenvalue weighted by molar-refractivity contribution is 6.30. The van der Waals surface area contributed by atoms with Crippen LogP contribution in [0.4, 0.5) is 0 Å². The molecule has 2 N–H and O–H groups in total. The van der Waals surface area contributed by atoms with Gasteiger partial charge in [0, 0.05) is 31.8 Å². The van der Waals surface area contributed by atoms with Gasteiger partial charge < -0.3 is 15.4 Å². The molecule has 2 unspecified atom stereocenters. The highest BCUT2D eigenvalue weighted by atomic mass is 35.5. The molecule has 1 aliphatic rings. The lowest BCUT2D eigenvalue weighted by atomic mass is 10.1. The smallest absolute Gasteiger partial charge is 0.223 e. The Balaban J connectivity index is 1.63. The first-order chi connectivity index (χ1) is 11.1. The molecule has 0 aromatic heterocycles. The Hall–Kier alpha value is -1.59. The lowest BCUT2D eigenvalue weighted by molar-refractivity contribution is -0.127. The van der Waals surface area contributed by atoms with Crippen LogP contribution in [0.3, 0.4) is 0 Å². The van der Waals surface area contributed by atoms with Crippen LogP contribution in [0.25, 0.3) is 0 Å². The van der Waals surface area contributed by atoms with E-state index in [0.29, 0.717) is 31.1 Å². The largest absolute Gasteiger partial charge is 0.385 e. The molecule has 2 rings (SSSR count). The fraction of sp³-hybridized carbons (Fsp3) is 0.529. The highest BCUT2D eigenvalue weighted by Crippen LogP contribution is 2.38. The van der Waals surface area contributed by atoms with Crippen molar-refractivity contribution in [1.29, 1.82) is 0 Å². The number of hydrogen-bond donors (Lipinski definition) is 2. The van der Waals surface area contributed by atoms with E-state index in [1.807, 2.05) is 24.3 Å². The van der Waals surface area contributed by atoms with E-state index in [1.165, 1.54) is 0 Å². The molecule has 126 valence electrons. The monoisotopic (exact) mass is 338 g/mol. The molecule has 1 aromatic carbocycles. The molecule has 6 heteroatoms. The lowest BCUT2D eigenvalue weighted by Crippen LogP contribution is -2.31. The molecule has 0 heterocycles. The Morgan fingerprint density at radius 2 is 1.91 bits per heavy atom. The van der Waals surface area contributed by atoms with Gasteiger partial charge in [0.15, 0.2) is 0 Å². The second-order valence-corrected chi connectivity index (χ2v) is 6.19. The van der Waals surface area contributed by atoms with Crippen molar-refractivity contribution < 1.29 is 14.3 Å². The van der Waals surface area contributed by atoms with E-state index in [4.69, 9.17) is 16.3 Å². The fourth-order valence-corrected chi connectivity index (χ4v) is 2.70. The van der Waals surface area contributed by atoms with Crippen molar-refractivity contribution in [2.45, 2.75) is 19.3 Å². The summed E-state index contributed by atoms with van der Waals surface area (Å²) in [6.45, 7) is 1.77. The number of hydrogen-bond acceptors (Lipinski definition) is 3. The molecule has 2 atom stereocenters. The first kappa shape index (κ1) is 17.8. The molecule has 1 aliphatic carbocycles. The van der Waals surface area contributed by atoms with Gasteiger partial charge in [-0.05, 0) is 37.0 Å². The number of rotatable bonds is 9. The maximum Gasteiger partial charge on any atom is 0.223 e. The van der Waals surface area contributed by atoms with E-state index in [2.05, 4.69) is 10.6 Å². The minimum Gasteiger partial charge on any atom is -0.385 e. The van der Waals surface area contributed by atoms with E-state index >= 15 is 0 Å². The van der Waals surface area contributed by atoms with Crippen LogP contribution in [0.15, 0.2) is 24.3 Å². The van der Waals surface area contributed by atoms with Crippen LogP contribution >= 0.6 is 11.6 Å². The SMILES string of the molecule is COCCCNC(=O)C1CC1C(=O)NCCc1cccc(Cl)c1. The zero-order valence-electron chi connectivity index (χ0n) is 13.3. The number of carbonyl (C=O) groups excluding carboxylic acids is 2. The van der Waals surface area contributed by atoms with Crippen molar-refractivity contribution in [2.75, 3.05) is 26.8 Å². The zero-order chi connectivity index (χ0) is 16.7.